The van der Waals surface area contributed by atoms with Crippen LogP contribution in [0, 0.1) is 5.82 Å². The fraction of sp³-hybridized carbons (Fsp3) is 0.300. The maximum absolute atomic E-state index is 13.5. The third-order valence-corrected chi connectivity index (χ3v) is 6.02. The van der Waals surface area contributed by atoms with Crippen LogP contribution in [-0.2, 0) is 4.79 Å². The number of halogens is 2. The van der Waals surface area contributed by atoms with Gasteiger partial charge in [0.15, 0.2) is 5.13 Å². The lowest BCUT2D eigenvalue weighted by atomic mass is 10.3. The summed E-state index contributed by atoms with van der Waals surface area (Å²) in [4.78, 5) is 22.3. The van der Waals surface area contributed by atoms with Gasteiger partial charge in [0.2, 0.25) is 5.91 Å². The van der Waals surface area contributed by atoms with Crippen LogP contribution in [0.4, 0.5) is 9.52 Å². The second kappa shape index (κ2) is 10.8. The number of carbonyl (C=O) groups excluding carboxylic acids is 1. The van der Waals surface area contributed by atoms with Crippen LogP contribution >= 0.6 is 35.5 Å². The molecule has 0 aliphatic carbocycles. The number of anilines is 1. The monoisotopic (exact) mass is 439 g/mol. The van der Waals surface area contributed by atoms with Crippen molar-refractivity contribution in [2.24, 2.45) is 0 Å². The number of amides is 1. The van der Waals surface area contributed by atoms with Gasteiger partial charge in [0.25, 0.3) is 0 Å². The molecule has 0 saturated carbocycles. The molecule has 0 N–H and O–H groups in total. The molecule has 0 aliphatic heterocycles. The van der Waals surface area contributed by atoms with Crippen LogP contribution in [-0.4, -0.2) is 48.7 Å². The Kier molecular flexibility index (Phi) is 8.69. The summed E-state index contributed by atoms with van der Waals surface area (Å²) in [6.07, 6.45) is 0.428. The van der Waals surface area contributed by atoms with Gasteiger partial charge < -0.3 is 4.90 Å². The third-order valence-electron chi connectivity index (χ3n) is 3.97. The Morgan fingerprint density at radius 1 is 1.14 bits per heavy atom. The van der Waals surface area contributed by atoms with Gasteiger partial charge in [0, 0.05) is 30.2 Å². The van der Waals surface area contributed by atoms with Gasteiger partial charge in [-0.15, -0.1) is 24.2 Å². The van der Waals surface area contributed by atoms with Crippen LogP contribution in [0.5, 0.6) is 0 Å². The molecule has 0 aliphatic rings. The highest BCUT2D eigenvalue weighted by Gasteiger charge is 2.20. The lowest BCUT2D eigenvalue weighted by Crippen LogP contribution is -2.36. The van der Waals surface area contributed by atoms with E-state index in [0.29, 0.717) is 23.8 Å². The molecule has 4 nitrogen and oxygen atoms in total. The summed E-state index contributed by atoms with van der Waals surface area (Å²) in [6.45, 7) is 1.30. The molecule has 1 amide bonds. The Labute approximate surface area is 179 Å². The number of carbonyl (C=O) groups is 1. The second-order valence-electron chi connectivity index (χ2n) is 6.37. The van der Waals surface area contributed by atoms with E-state index in [2.05, 4.69) is 4.98 Å². The summed E-state index contributed by atoms with van der Waals surface area (Å²) in [6, 6.07) is 14.6. The number of nitrogens with zero attached hydrogens (tertiary/aromatic N) is 3. The highest BCUT2D eigenvalue weighted by Crippen LogP contribution is 2.30. The van der Waals surface area contributed by atoms with E-state index < -0.39 is 0 Å². The zero-order valence-corrected chi connectivity index (χ0v) is 18.2. The Hall–Kier alpha value is -1.67. The number of hydrogen-bond donors (Lipinski definition) is 0. The Balaban J connectivity index is 0.00000280. The van der Waals surface area contributed by atoms with E-state index in [-0.39, 0.29) is 24.1 Å². The molecule has 0 fully saturated rings. The van der Waals surface area contributed by atoms with Crippen molar-refractivity contribution in [2.75, 3.05) is 37.8 Å². The maximum atomic E-state index is 13.5. The summed E-state index contributed by atoms with van der Waals surface area (Å²) < 4.78 is 14.2. The van der Waals surface area contributed by atoms with Gasteiger partial charge in [-0.05, 0) is 44.4 Å². The maximum Gasteiger partial charge on any atom is 0.229 e. The first kappa shape index (κ1) is 22.6. The van der Waals surface area contributed by atoms with Gasteiger partial charge >= 0.3 is 0 Å². The predicted octanol–water partition coefficient (Wildman–Crippen LogP) is 4.93. The standard InChI is InChI=1S/C20H22FN3OS2.ClH/c1-23(2)11-12-24(19(25)10-13-26-16-6-4-3-5-7-16)20-22-17-9-8-15(21)14-18(17)27-20;/h3-9,14H,10-13H2,1-2H3;1H. The Bertz CT molecular complexity index is 905. The molecule has 1 heterocycles. The van der Waals surface area contributed by atoms with Crippen LogP contribution < -0.4 is 4.90 Å². The molecule has 1 aromatic heterocycles. The van der Waals surface area contributed by atoms with Crippen molar-refractivity contribution in [3.63, 3.8) is 0 Å². The summed E-state index contributed by atoms with van der Waals surface area (Å²) in [5.41, 5.74) is 0.720. The minimum atomic E-state index is -0.289. The average molecular weight is 440 g/mol. The van der Waals surface area contributed by atoms with Crippen molar-refractivity contribution >= 4 is 56.8 Å². The van der Waals surface area contributed by atoms with Crippen molar-refractivity contribution < 1.29 is 9.18 Å². The van der Waals surface area contributed by atoms with E-state index in [0.717, 1.165) is 21.7 Å². The third kappa shape index (κ3) is 6.17. The fourth-order valence-corrected chi connectivity index (χ4v) is 4.43. The molecular weight excluding hydrogens is 417 g/mol. The van der Waals surface area contributed by atoms with E-state index in [4.69, 9.17) is 0 Å². The quantitative estimate of drug-likeness (QED) is 0.466. The van der Waals surface area contributed by atoms with E-state index in [1.807, 2.05) is 49.3 Å². The molecule has 2 aromatic carbocycles. The molecule has 0 saturated heterocycles. The van der Waals surface area contributed by atoms with Gasteiger partial charge in [-0.2, -0.15) is 0 Å². The number of benzene rings is 2. The van der Waals surface area contributed by atoms with Crippen LogP contribution in [0.2, 0.25) is 0 Å². The largest absolute Gasteiger partial charge is 0.308 e. The molecule has 8 heteroatoms. The first-order valence-electron chi connectivity index (χ1n) is 8.72. The molecular formula is C20H23ClFN3OS2. The summed E-state index contributed by atoms with van der Waals surface area (Å²) in [5, 5.41) is 0.632. The van der Waals surface area contributed by atoms with Crippen LogP contribution in [0.25, 0.3) is 10.2 Å². The van der Waals surface area contributed by atoms with Crippen LogP contribution in [0.15, 0.2) is 53.4 Å². The van der Waals surface area contributed by atoms with E-state index in [1.54, 1.807) is 22.7 Å². The SMILES string of the molecule is CN(C)CCN(C(=O)CCSc1ccccc1)c1nc2ccc(F)cc2s1.Cl. The van der Waals surface area contributed by atoms with Crippen molar-refractivity contribution in [2.45, 2.75) is 11.3 Å². The lowest BCUT2D eigenvalue weighted by Gasteiger charge is -2.22. The number of thiazole rings is 1. The van der Waals surface area contributed by atoms with Crippen molar-refractivity contribution in [1.29, 1.82) is 0 Å². The summed E-state index contributed by atoms with van der Waals surface area (Å²) >= 11 is 3.03. The van der Waals surface area contributed by atoms with Crippen LogP contribution in [0.1, 0.15) is 6.42 Å². The van der Waals surface area contributed by atoms with E-state index >= 15 is 0 Å². The highest BCUT2D eigenvalue weighted by molar-refractivity contribution is 7.99. The average Bonchev–Trinajstić information content (AvgIpc) is 3.05. The number of fused-ring (bicyclic) bond motifs is 1. The molecule has 150 valence electrons. The first-order chi connectivity index (χ1) is 13.0. The molecule has 28 heavy (non-hydrogen) atoms. The van der Waals surface area contributed by atoms with E-state index in [9.17, 15) is 9.18 Å². The minimum absolute atomic E-state index is 0. The number of likely N-dealkylation sites (N-methyl/N-ethyl adjacent to an activating group) is 1. The molecule has 3 rings (SSSR count). The van der Waals surface area contributed by atoms with Gasteiger partial charge in [0.1, 0.15) is 5.82 Å². The molecule has 0 atom stereocenters. The predicted molar refractivity (Wildman–Crippen MR) is 120 cm³/mol. The Morgan fingerprint density at radius 3 is 2.61 bits per heavy atom. The molecule has 0 spiro atoms. The molecule has 0 radical (unpaired) electrons. The number of aromatic nitrogens is 1. The van der Waals surface area contributed by atoms with Crippen molar-refractivity contribution in [3.8, 4) is 0 Å². The van der Waals surface area contributed by atoms with Gasteiger partial charge in [0.05, 0.1) is 10.2 Å². The lowest BCUT2D eigenvalue weighted by molar-refractivity contribution is -0.118. The number of thioether (sulfide) groups is 1. The van der Waals surface area contributed by atoms with E-state index in [1.165, 1.54) is 23.5 Å². The zero-order chi connectivity index (χ0) is 19.2. The normalized spacial score (nSPS) is 10.9. The van der Waals surface area contributed by atoms with Crippen molar-refractivity contribution in [1.82, 2.24) is 9.88 Å². The zero-order valence-electron chi connectivity index (χ0n) is 15.8. The molecule has 0 bridgehead atoms. The molecule has 0 unspecified atom stereocenters. The second-order valence-corrected chi connectivity index (χ2v) is 8.55. The fourth-order valence-electron chi connectivity index (χ4n) is 2.54. The smallest absolute Gasteiger partial charge is 0.229 e. The van der Waals surface area contributed by atoms with Gasteiger partial charge in [-0.25, -0.2) is 9.37 Å². The topological polar surface area (TPSA) is 36.4 Å². The van der Waals surface area contributed by atoms with Gasteiger partial charge in [-0.1, -0.05) is 29.5 Å². The minimum Gasteiger partial charge on any atom is -0.308 e. The van der Waals surface area contributed by atoms with Crippen LogP contribution in [0.3, 0.4) is 0 Å². The number of hydrogen-bond acceptors (Lipinski definition) is 5. The first-order valence-corrected chi connectivity index (χ1v) is 10.5. The summed E-state index contributed by atoms with van der Waals surface area (Å²) in [7, 11) is 3.95. The van der Waals surface area contributed by atoms with Crippen molar-refractivity contribution in [3.05, 3.63) is 54.3 Å². The molecule has 3 aromatic rings. The number of rotatable bonds is 8. The van der Waals surface area contributed by atoms with Gasteiger partial charge in [-0.3, -0.25) is 9.69 Å². The summed E-state index contributed by atoms with van der Waals surface area (Å²) in [5.74, 6) is 0.462. The highest BCUT2D eigenvalue weighted by atomic mass is 35.5. The Morgan fingerprint density at radius 2 is 1.89 bits per heavy atom.